The number of nitrogens with zero attached hydrogens (tertiary/aromatic N) is 1. The molecule has 0 fully saturated rings. The number of aliphatic hydroxyl groups is 2. The number of nitrogens with one attached hydrogen (secondary N) is 1. The van der Waals surface area contributed by atoms with E-state index in [0.29, 0.717) is 17.2 Å². The average Bonchev–Trinajstić information content (AvgIpc) is 3.33. The normalized spacial score (nSPS) is 21.1. The van der Waals surface area contributed by atoms with Crippen molar-refractivity contribution in [3.05, 3.63) is 45.7 Å². The highest BCUT2D eigenvalue weighted by Crippen LogP contribution is 2.43. The fourth-order valence-corrected chi connectivity index (χ4v) is 5.76. The molecule has 0 bridgehead atoms. The summed E-state index contributed by atoms with van der Waals surface area (Å²) >= 11 is 0. The zero-order chi connectivity index (χ0) is 21.8. The van der Waals surface area contributed by atoms with Crippen LogP contribution in [0.15, 0.2) is 26.0 Å². The first-order valence-corrected chi connectivity index (χ1v) is 12.0. The second kappa shape index (κ2) is 7.37. The molecule has 1 aromatic heterocycles. The number of furan rings is 1. The van der Waals surface area contributed by atoms with Gasteiger partial charge in [-0.3, -0.25) is 0 Å². The van der Waals surface area contributed by atoms with Crippen molar-refractivity contribution in [2.45, 2.75) is 82.8 Å². The topological polar surface area (TPSA) is 121 Å². The van der Waals surface area contributed by atoms with Crippen molar-refractivity contribution >= 4 is 15.6 Å². The molecule has 2 aromatic rings. The quantitative estimate of drug-likeness (QED) is 0.538. The first-order valence-electron chi connectivity index (χ1n) is 10.5. The highest BCUT2D eigenvalue weighted by molar-refractivity contribution is 7.91. The zero-order valence-electron chi connectivity index (χ0n) is 18.0. The summed E-state index contributed by atoms with van der Waals surface area (Å²) in [6.07, 6.45) is 3.67. The molecule has 30 heavy (non-hydrogen) atoms. The summed E-state index contributed by atoms with van der Waals surface area (Å²) in [5.74, 6) is 0.909. The molecule has 0 saturated carbocycles. The number of fused-ring (bicyclic) bond motifs is 2. The smallest absolute Gasteiger partial charge is 0.233 e. The van der Waals surface area contributed by atoms with E-state index in [0.717, 1.165) is 37.8 Å². The SMILES string of the molecule is Cc1oc(S(N)(=O)=NC(O)Nc2c3c(cc4c2CC[C@H]4C)CCC3)cc1C(C)(C)O. The van der Waals surface area contributed by atoms with Crippen LogP contribution in [0.1, 0.15) is 73.1 Å². The molecule has 0 saturated heterocycles. The molecule has 0 aliphatic heterocycles. The van der Waals surface area contributed by atoms with Gasteiger partial charge in [0.05, 0.1) is 5.60 Å². The van der Waals surface area contributed by atoms with Gasteiger partial charge in [-0.05, 0) is 81.0 Å². The number of hydrogen-bond donors (Lipinski definition) is 4. The number of benzene rings is 1. The molecule has 0 amide bonds. The standard InChI is InChI=1S/C22H31N3O4S/c1-12-8-9-16-17(12)10-14-6-5-7-15(14)20(16)24-21(26)25-30(23,28)19-11-18(13(2)29-19)22(3,4)27/h10-12,21,24,26-27H,5-9H2,1-4H3,(H2,23,25,28)/t12-,21?,30?/m1/s1. The van der Waals surface area contributed by atoms with Crippen LogP contribution < -0.4 is 10.5 Å². The van der Waals surface area contributed by atoms with Gasteiger partial charge in [0.25, 0.3) is 0 Å². The molecule has 8 heteroatoms. The summed E-state index contributed by atoms with van der Waals surface area (Å²) in [4.78, 5) is 0. The van der Waals surface area contributed by atoms with Gasteiger partial charge in [0.1, 0.15) is 5.76 Å². The average molecular weight is 434 g/mol. The van der Waals surface area contributed by atoms with E-state index in [1.54, 1.807) is 20.8 Å². The molecule has 2 unspecified atom stereocenters. The summed E-state index contributed by atoms with van der Waals surface area (Å²) in [5, 5.41) is 29.8. The van der Waals surface area contributed by atoms with E-state index < -0.39 is 21.9 Å². The molecular formula is C22H31N3O4S. The Kier molecular flexibility index (Phi) is 5.25. The lowest BCUT2D eigenvalue weighted by atomic mass is 9.96. The van der Waals surface area contributed by atoms with Crippen LogP contribution in [0, 0.1) is 6.92 Å². The van der Waals surface area contributed by atoms with Crippen molar-refractivity contribution in [3.63, 3.8) is 0 Å². The van der Waals surface area contributed by atoms with Crippen molar-refractivity contribution in [1.29, 1.82) is 0 Å². The molecule has 0 spiro atoms. The van der Waals surface area contributed by atoms with E-state index in [2.05, 4.69) is 22.7 Å². The molecular weight excluding hydrogens is 402 g/mol. The minimum Gasteiger partial charge on any atom is -0.450 e. The van der Waals surface area contributed by atoms with Crippen LogP contribution in [-0.4, -0.2) is 20.8 Å². The third-order valence-electron chi connectivity index (χ3n) is 6.27. The summed E-state index contributed by atoms with van der Waals surface area (Å²) in [7, 11) is -3.50. The Labute approximate surface area is 178 Å². The third-order valence-corrected chi connectivity index (χ3v) is 7.56. The highest BCUT2D eigenvalue weighted by Gasteiger charge is 2.29. The Morgan fingerprint density at radius 1 is 1.30 bits per heavy atom. The maximum absolute atomic E-state index is 13.0. The number of hydrogen-bond acceptors (Lipinski definition) is 6. The van der Waals surface area contributed by atoms with Gasteiger partial charge in [0.2, 0.25) is 11.4 Å². The summed E-state index contributed by atoms with van der Waals surface area (Å²) in [6, 6.07) is 3.77. The van der Waals surface area contributed by atoms with Gasteiger partial charge in [-0.1, -0.05) is 13.0 Å². The van der Waals surface area contributed by atoms with Gasteiger partial charge in [-0.25, -0.2) is 9.35 Å². The molecule has 1 aromatic carbocycles. The van der Waals surface area contributed by atoms with Gasteiger partial charge in [0.15, 0.2) is 9.92 Å². The molecule has 2 aliphatic carbocycles. The fourth-order valence-electron chi connectivity index (χ4n) is 4.77. The zero-order valence-corrected chi connectivity index (χ0v) is 18.8. The molecule has 3 atom stereocenters. The molecule has 0 radical (unpaired) electrons. The van der Waals surface area contributed by atoms with Crippen molar-refractivity contribution in [1.82, 2.24) is 0 Å². The summed E-state index contributed by atoms with van der Waals surface area (Å²) < 4.78 is 22.5. The minimum atomic E-state index is -3.50. The maximum atomic E-state index is 13.0. The van der Waals surface area contributed by atoms with E-state index in [1.165, 1.54) is 28.3 Å². The molecule has 1 heterocycles. The van der Waals surface area contributed by atoms with E-state index >= 15 is 0 Å². The number of aliphatic hydroxyl groups excluding tert-OH is 1. The summed E-state index contributed by atoms with van der Waals surface area (Å²) in [5.41, 5.74) is 5.33. The number of rotatable bonds is 5. The van der Waals surface area contributed by atoms with Crippen molar-refractivity contribution in [2.24, 2.45) is 9.50 Å². The fraction of sp³-hybridized carbons (Fsp3) is 0.545. The Bertz CT molecular complexity index is 1110. The predicted molar refractivity (Wildman–Crippen MR) is 117 cm³/mol. The van der Waals surface area contributed by atoms with Crippen LogP contribution in [0.4, 0.5) is 5.69 Å². The predicted octanol–water partition coefficient (Wildman–Crippen LogP) is 3.44. The number of aryl methyl sites for hydroxylation is 2. The van der Waals surface area contributed by atoms with Crippen molar-refractivity contribution in [2.75, 3.05) is 5.32 Å². The lowest BCUT2D eigenvalue weighted by Crippen LogP contribution is -2.23. The van der Waals surface area contributed by atoms with E-state index in [9.17, 15) is 14.4 Å². The van der Waals surface area contributed by atoms with E-state index in [1.807, 2.05) is 0 Å². The molecule has 7 nitrogen and oxygen atoms in total. The second-order valence-corrected chi connectivity index (χ2v) is 10.8. The Balaban J connectivity index is 1.67. The Morgan fingerprint density at radius 3 is 2.70 bits per heavy atom. The Hall–Kier alpha value is -1.87. The van der Waals surface area contributed by atoms with Gasteiger partial charge in [-0.15, -0.1) is 0 Å². The van der Waals surface area contributed by atoms with Gasteiger partial charge in [0, 0.05) is 17.3 Å². The number of nitrogens with two attached hydrogens (primary N) is 1. The largest absolute Gasteiger partial charge is 0.450 e. The van der Waals surface area contributed by atoms with Crippen LogP contribution in [0.2, 0.25) is 0 Å². The van der Waals surface area contributed by atoms with Crippen molar-refractivity contribution < 1.29 is 18.8 Å². The second-order valence-electron chi connectivity index (χ2n) is 9.04. The highest BCUT2D eigenvalue weighted by atomic mass is 32.2. The molecule has 164 valence electrons. The van der Waals surface area contributed by atoms with E-state index in [-0.39, 0.29) is 5.09 Å². The molecule has 2 aliphatic rings. The summed E-state index contributed by atoms with van der Waals surface area (Å²) in [6.45, 7) is 7.11. The Morgan fingerprint density at radius 2 is 2.03 bits per heavy atom. The van der Waals surface area contributed by atoms with Gasteiger partial charge < -0.3 is 19.9 Å². The lowest BCUT2D eigenvalue weighted by molar-refractivity contribution is 0.0769. The molecule has 5 N–H and O–H groups in total. The minimum absolute atomic E-state index is 0.0601. The molecule has 4 rings (SSSR count). The lowest BCUT2D eigenvalue weighted by Gasteiger charge is -2.19. The van der Waals surface area contributed by atoms with Crippen LogP contribution in [0.3, 0.4) is 0 Å². The third kappa shape index (κ3) is 3.77. The van der Waals surface area contributed by atoms with Gasteiger partial charge >= 0.3 is 0 Å². The number of anilines is 1. The monoisotopic (exact) mass is 433 g/mol. The first kappa shape index (κ1) is 21.4. The first-order chi connectivity index (χ1) is 14.0. The van der Waals surface area contributed by atoms with Gasteiger partial charge in [-0.2, -0.15) is 4.36 Å². The van der Waals surface area contributed by atoms with Crippen molar-refractivity contribution in [3.8, 4) is 0 Å². The van der Waals surface area contributed by atoms with Crippen LogP contribution in [-0.2, 0) is 34.8 Å². The van der Waals surface area contributed by atoms with Crippen LogP contribution in [0.25, 0.3) is 0 Å². The van der Waals surface area contributed by atoms with E-state index in [4.69, 9.17) is 9.56 Å². The van der Waals surface area contributed by atoms with Crippen LogP contribution in [0.5, 0.6) is 0 Å². The van der Waals surface area contributed by atoms with Crippen LogP contribution >= 0.6 is 0 Å². The maximum Gasteiger partial charge on any atom is 0.233 e.